The van der Waals surface area contributed by atoms with Crippen LogP contribution in [0.25, 0.3) is 0 Å². The fraction of sp³-hybridized carbons (Fsp3) is 0.412. The molecular formula is C17H20N4O6. The number of nitrogens with one attached hydrogen (secondary N) is 1. The topological polar surface area (TPSA) is 125 Å². The largest absolute Gasteiger partial charge is 0.395 e. The molecule has 0 aromatic heterocycles. The minimum Gasteiger partial charge on any atom is -0.395 e. The first-order valence-electron chi connectivity index (χ1n) is 8.49. The number of rotatable bonds is 6. The molecule has 27 heavy (non-hydrogen) atoms. The standard InChI is InChI=1S/C17H20N4O6/c1-11-8-15(21(25)26)14(19-3-6-27-7-4-19)9-12(11)18-13-10-16(23)20(2-5-22)17(13)24/h8-10,18,22H,2-7H2,1H3. The van der Waals surface area contributed by atoms with Crippen LogP contribution >= 0.6 is 0 Å². The lowest BCUT2D eigenvalue weighted by Crippen LogP contribution is -2.36. The zero-order valence-electron chi connectivity index (χ0n) is 14.8. The van der Waals surface area contributed by atoms with Crippen molar-refractivity contribution in [1.29, 1.82) is 0 Å². The van der Waals surface area contributed by atoms with Crippen LogP contribution in [0.3, 0.4) is 0 Å². The van der Waals surface area contributed by atoms with Gasteiger partial charge < -0.3 is 20.1 Å². The first-order valence-corrected chi connectivity index (χ1v) is 8.49. The first-order chi connectivity index (χ1) is 12.9. The summed E-state index contributed by atoms with van der Waals surface area (Å²) >= 11 is 0. The molecule has 10 heteroatoms. The highest BCUT2D eigenvalue weighted by atomic mass is 16.6. The number of hydrogen-bond donors (Lipinski definition) is 2. The normalized spacial score (nSPS) is 17.3. The van der Waals surface area contributed by atoms with Crippen LogP contribution in [0.2, 0.25) is 0 Å². The second-order valence-electron chi connectivity index (χ2n) is 6.21. The first kappa shape index (κ1) is 18.8. The Labute approximate surface area is 155 Å². The second-order valence-corrected chi connectivity index (χ2v) is 6.21. The van der Waals surface area contributed by atoms with Gasteiger partial charge in [-0.05, 0) is 18.6 Å². The molecule has 2 heterocycles. The minimum atomic E-state index is -0.542. The highest BCUT2D eigenvalue weighted by Crippen LogP contribution is 2.35. The number of imide groups is 1. The summed E-state index contributed by atoms with van der Waals surface area (Å²) in [5, 5.41) is 23.4. The van der Waals surface area contributed by atoms with Crippen molar-refractivity contribution in [3.63, 3.8) is 0 Å². The van der Waals surface area contributed by atoms with Crippen LogP contribution in [0.5, 0.6) is 0 Å². The number of amides is 2. The van der Waals surface area contributed by atoms with Crippen LogP contribution in [0.1, 0.15) is 5.56 Å². The van der Waals surface area contributed by atoms with Gasteiger partial charge in [-0.25, -0.2) is 0 Å². The number of benzene rings is 1. The zero-order chi connectivity index (χ0) is 19.6. The highest BCUT2D eigenvalue weighted by molar-refractivity contribution is 6.17. The van der Waals surface area contributed by atoms with Crippen LogP contribution in [-0.4, -0.2) is 66.2 Å². The highest BCUT2D eigenvalue weighted by Gasteiger charge is 2.31. The van der Waals surface area contributed by atoms with Crippen molar-refractivity contribution < 1.29 is 24.4 Å². The number of nitrogens with zero attached hydrogens (tertiary/aromatic N) is 3. The van der Waals surface area contributed by atoms with Crippen molar-refractivity contribution in [2.45, 2.75) is 6.92 Å². The number of β-amino-alcohol motifs (C(OH)–C–C–N with tert-alkyl or cyclic N) is 1. The van der Waals surface area contributed by atoms with E-state index in [0.29, 0.717) is 43.2 Å². The van der Waals surface area contributed by atoms with Crippen LogP contribution in [0, 0.1) is 17.0 Å². The third-order valence-electron chi connectivity index (χ3n) is 4.47. The van der Waals surface area contributed by atoms with Gasteiger partial charge in [0.15, 0.2) is 0 Å². The molecule has 2 aliphatic rings. The molecule has 0 bridgehead atoms. The van der Waals surface area contributed by atoms with Crippen molar-refractivity contribution in [2.24, 2.45) is 0 Å². The van der Waals surface area contributed by atoms with E-state index in [4.69, 9.17) is 9.84 Å². The summed E-state index contributed by atoms with van der Waals surface area (Å²) in [7, 11) is 0. The van der Waals surface area contributed by atoms with Crippen molar-refractivity contribution in [2.75, 3.05) is 49.7 Å². The second kappa shape index (κ2) is 7.72. The van der Waals surface area contributed by atoms with Gasteiger partial charge >= 0.3 is 0 Å². The molecule has 10 nitrogen and oxygen atoms in total. The van der Waals surface area contributed by atoms with Gasteiger partial charge in [0.25, 0.3) is 17.5 Å². The molecule has 1 aromatic carbocycles. The van der Waals surface area contributed by atoms with E-state index in [-0.39, 0.29) is 24.5 Å². The van der Waals surface area contributed by atoms with Gasteiger partial charge in [-0.15, -0.1) is 0 Å². The Morgan fingerprint density at radius 2 is 2.00 bits per heavy atom. The molecule has 0 saturated carbocycles. The molecular weight excluding hydrogens is 356 g/mol. The predicted octanol–water partition coefficient (Wildman–Crippen LogP) is 0.397. The minimum absolute atomic E-state index is 0.0235. The molecule has 0 radical (unpaired) electrons. The molecule has 2 amide bonds. The molecule has 0 spiro atoms. The lowest BCUT2D eigenvalue weighted by molar-refractivity contribution is -0.384. The number of aliphatic hydroxyl groups excluding tert-OH is 1. The van der Waals surface area contributed by atoms with Gasteiger partial charge in [0.05, 0.1) is 31.3 Å². The van der Waals surface area contributed by atoms with Crippen LogP contribution in [-0.2, 0) is 14.3 Å². The van der Waals surface area contributed by atoms with Gasteiger partial charge in [0.1, 0.15) is 11.4 Å². The van der Waals surface area contributed by atoms with E-state index in [1.807, 2.05) is 4.90 Å². The third-order valence-corrected chi connectivity index (χ3v) is 4.47. The van der Waals surface area contributed by atoms with Gasteiger partial charge in [0.2, 0.25) is 0 Å². The van der Waals surface area contributed by atoms with Gasteiger partial charge in [0, 0.05) is 30.9 Å². The van der Waals surface area contributed by atoms with Crippen molar-refractivity contribution in [3.8, 4) is 0 Å². The Hall–Kier alpha value is -2.98. The Morgan fingerprint density at radius 3 is 2.63 bits per heavy atom. The smallest absolute Gasteiger partial charge is 0.292 e. The quantitative estimate of drug-likeness (QED) is 0.415. The third kappa shape index (κ3) is 3.76. The molecule has 2 aliphatic heterocycles. The van der Waals surface area contributed by atoms with Crippen molar-refractivity contribution in [3.05, 3.63) is 39.6 Å². The predicted molar refractivity (Wildman–Crippen MR) is 96.4 cm³/mol. The number of aliphatic hydroxyl groups is 1. The maximum atomic E-state index is 12.3. The Morgan fingerprint density at radius 1 is 1.30 bits per heavy atom. The maximum Gasteiger partial charge on any atom is 0.292 e. The molecule has 0 aliphatic carbocycles. The van der Waals surface area contributed by atoms with E-state index < -0.39 is 16.7 Å². The van der Waals surface area contributed by atoms with Crippen molar-refractivity contribution in [1.82, 2.24) is 4.90 Å². The summed E-state index contributed by atoms with van der Waals surface area (Å²) in [5.41, 5.74) is 1.55. The summed E-state index contributed by atoms with van der Waals surface area (Å²) in [6.45, 7) is 3.27. The fourth-order valence-electron chi connectivity index (χ4n) is 3.07. The average molecular weight is 376 g/mol. The summed E-state index contributed by atoms with van der Waals surface area (Å²) in [4.78, 5) is 38.0. The maximum absolute atomic E-state index is 12.3. The zero-order valence-corrected chi connectivity index (χ0v) is 14.8. The Balaban J connectivity index is 1.92. The number of morpholine rings is 1. The van der Waals surface area contributed by atoms with Crippen LogP contribution in [0.15, 0.2) is 23.9 Å². The van der Waals surface area contributed by atoms with Gasteiger partial charge in [-0.3, -0.25) is 24.6 Å². The van der Waals surface area contributed by atoms with Crippen LogP contribution < -0.4 is 10.2 Å². The molecule has 1 aromatic rings. The molecule has 2 N–H and O–H groups in total. The van der Waals surface area contributed by atoms with Gasteiger partial charge in [-0.1, -0.05) is 0 Å². The van der Waals surface area contributed by atoms with Crippen LogP contribution in [0.4, 0.5) is 17.1 Å². The number of ether oxygens (including phenoxy) is 1. The number of nitro groups is 1. The number of aryl methyl sites for hydroxylation is 1. The molecule has 1 saturated heterocycles. The molecule has 0 atom stereocenters. The fourth-order valence-corrected chi connectivity index (χ4v) is 3.07. The number of anilines is 2. The summed E-state index contributed by atoms with van der Waals surface area (Å²) in [6, 6.07) is 3.06. The van der Waals surface area contributed by atoms with E-state index in [1.165, 1.54) is 6.07 Å². The summed E-state index contributed by atoms with van der Waals surface area (Å²) < 4.78 is 5.30. The molecule has 1 fully saturated rings. The Kier molecular flexibility index (Phi) is 5.38. The molecule has 0 unspecified atom stereocenters. The number of hydrogen-bond acceptors (Lipinski definition) is 8. The lowest BCUT2D eigenvalue weighted by Gasteiger charge is -2.29. The monoisotopic (exact) mass is 376 g/mol. The Bertz CT molecular complexity index is 816. The summed E-state index contributed by atoms with van der Waals surface area (Å²) in [5.74, 6) is -1.05. The van der Waals surface area contributed by atoms with Gasteiger partial charge in [-0.2, -0.15) is 0 Å². The van der Waals surface area contributed by atoms with E-state index in [1.54, 1.807) is 13.0 Å². The van der Waals surface area contributed by atoms with E-state index in [0.717, 1.165) is 11.0 Å². The van der Waals surface area contributed by atoms with Crippen molar-refractivity contribution >= 4 is 28.9 Å². The van der Waals surface area contributed by atoms with E-state index in [9.17, 15) is 19.7 Å². The number of nitro benzene ring substituents is 1. The molecule has 3 rings (SSSR count). The lowest BCUT2D eigenvalue weighted by atomic mass is 10.1. The summed E-state index contributed by atoms with van der Waals surface area (Å²) in [6.07, 6.45) is 1.16. The van der Waals surface area contributed by atoms with E-state index >= 15 is 0 Å². The average Bonchev–Trinajstić information content (AvgIpc) is 2.91. The SMILES string of the molecule is Cc1cc([N+](=O)[O-])c(N2CCOCC2)cc1NC1=CC(=O)N(CCO)C1=O. The van der Waals surface area contributed by atoms with E-state index in [2.05, 4.69) is 5.32 Å². The number of carbonyl (C=O) groups excluding carboxylic acids is 2. The number of carbonyl (C=O) groups is 2. The molecule has 144 valence electrons.